The number of phenolic OH excluding ortho intramolecular Hbond substituents is 1. The molecule has 1 amide bonds. The Labute approximate surface area is 220 Å². The molecule has 0 unspecified atom stereocenters. The Balaban J connectivity index is 1.32. The number of aliphatic hydroxyl groups is 2. The van der Waals surface area contributed by atoms with Gasteiger partial charge in [0.05, 0.1) is 30.8 Å². The molecule has 7 rings (SSSR count). The lowest BCUT2D eigenvalue weighted by atomic mass is 9.49. The van der Waals surface area contributed by atoms with Gasteiger partial charge in [-0.2, -0.15) is 0 Å². The number of ether oxygens (including phenoxy) is 3. The molecule has 1 saturated carbocycles. The van der Waals surface area contributed by atoms with E-state index in [1.54, 1.807) is 24.3 Å². The molecule has 0 radical (unpaired) electrons. The molecule has 2 fully saturated rings. The molecule has 38 heavy (non-hydrogen) atoms. The van der Waals surface area contributed by atoms with E-state index in [0.717, 1.165) is 24.2 Å². The van der Waals surface area contributed by atoms with Crippen molar-refractivity contribution in [2.24, 2.45) is 5.92 Å². The minimum Gasteiger partial charge on any atom is -0.508 e. The van der Waals surface area contributed by atoms with Crippen LogP contribution < -0.4 is 19.5 Å². The molecule has 4 atom stereocenters. The van der Waals surface area contributed by atoms with Crippen LogP contribution in [0.15, 0.2) is 41.7 Å². The van der Waals surface area contributed by atoms with Crippen LogP contribution >= 0.6 is 0 Å². The van der Waals surface area contributed by atoms with Crippen LogP contribution in [0.3, 0.4) is 0 Å². The first-order chi connectivity index (χ1) is 18.3. The van der Waals surface area contributed by atoms with E-state index in [1.807, 2.05) is 6.07 Å². The lowest BCUT2D eigenvalue weighted by Crippen LogP contribution is -2.75. The number of hydrogen-bond acceptors (Lipinski definition) is 8. The maximum atomic E-state index is 13.7. The van der Waals surface area contributed by atoms with E-state index in [9.17, 15) is 20.1 Å². The van der Waals surface area contributed by atoms with E-state index >= 15 is 0 Å². The van der Waals surface area contributed by atoms with Gasteiger partial charge in [-0.15, -0.1) is 0 Å². The number of amides is 1. The number of nitrogens with zero attached hydrogens (tertiary/aromatic N) is 1. The van der Waals surface area contributed by atoms with E-state index in [4.69, 9.17) is 14.2 Å². The first-order valence-corrected chi connectivity index (χ1v) is 13.2. The van der Waals surface area contributed by atoms with Gasteiger partial charge in [0.25, 0.3) is 5.91 Å². The fourth-order valence-corrected chi connectivity index (χ4v) is 7.45. The second kappa shape index (κ2) is 8.04. The van der Waals surface area contributed by atoms with Gasteiger partial charge in [0.15, 0.2) is 17.6 Å². The van der Waals surface area contributed by atoms with Crippen molar-refractivity contribution in [2.75, 3.05) is 32.6 Å². The lowest BCUT2D eigenvalue weighted by molar-refractivity contribution is -0.172. The summed E-state index contributed by atoms with van der Waals surface area (Å²) in [4.78, 5) is 16.0. The van der Waals surface area contributed by atoms with E-state index in [0.29, 0.717) is 41.7 Å². The molecule has 3 aliphatic carbocycles. The largest absolute Gasteiger partial charge is 0.508 e. The zero-order chi connectivity index (χ0) is 26.4. The number of carbonyl (C=O) groups excluding carboxylic acids is 1. The molecule has 4 N–H and O–H groups in total. The SMILES string of the molecule is COc1cc(NC(=O)C2=C(O)[C@@H]3Oc4c(O)ccc5c4[C@@]34CCN(CC3CC3)[C@H](C5)[C@]4(O)C2)cc(OC)c1. The highest BCUT2D eigenvalue weighted by Crippen LogP contribution is 2.66. The summed E-state index contributed by atoms with van der Waals surface area (Å²) in [6.07, 6.45) is 2.57. The van der Waals surface area contributed by atoms with Crippen LogP contribution in [0.4, 0.5) is 5.69 Å². The monoisotopic (exact) mass is 520 g/mol. The van der Waals surface area contributed by atoms with Gasteiger partial charge < -0.3 is 34.8 Å². The minimum absolute atomic E-state index is 0.0176. The maximum absolute atomic E-state index is 13.7. The van der Waals surface area contributed by atoms with Crippen molar-refractivity contribution in [1.29, 1.82) is 0 Å². The Kier molecular flexibility index (Phi) is 5.01. The summed E-state index contributed by atoms with van der Waals surface area (Å²) in [7, 11) is 3.05. The number of carbonyl (C=O) groups is 1. The smallest absolute Gasteiger partial charge is 0.255 e. The molecule has 2 aromatic rings. The molecule has 200 valence electrons. The Morgan fingerprint density at radius 2 is 1.89 bits per heavy atom. The van der Waals surface area contributed by atoms with Gasteiger partial charge in [0.2, 0.25) is 0 Å². The molecule has 9 heteroatoms. The normalized spacial score (nSPS) is 30.9. The average Bonchev–Trinajstić information content (AvgIpc) is 3.65. The van der Waals surface area contributed by atoms with Gasteiger partial charge in [-0.25, -0.2) is 0 Å². The summed E-state index contributed by atoms with van der Waals surface area (Å²) < 4.78 is 16.9. The van der Waals surface area contributed by atoms with Crippen molar-refractivity contribution in [3.05, 3.63) is 52.8 Å². The van der Waals surface area contributed by atoms with Crippen LogP contribution in [-0.2, 0) is 16.6 Å². The number of anilines is 1. The molecule has 2 heterocycles. The Hall–Kier alpha value is -3.43. The number of methoxy groups -OCH3 is 2. The fourth-order valence-electron chi connectivity index (χ4n) is 7.45. The van der Waals surface area contributed by atoms with E-state index in [1.165, 1.54) is 27.1 Å². The summed E-state index contributed by atoms with van der Waals surface area (Å²) >= 11 is 0. The standard InChI is InChI=1S/C29H32N2O7/c1-36-18-10-17(11-19(12-18)37-2)30-27(34)20-13-29(35)22-9-16-5-6-21(32)25-23(16)28(29,26(38-25)24(20)33)7-8-31(22)14-15-3-4-15/h5-6,10-12,15,22,26,32-33,35H,3-4,7-9,13-14H2,1-2H3,(H,30,34)/t22-,26+,28+,29-/m1/s1. The van der Waals surface area contributed by atoms with Gasteiger partial charge in [0, 0.05) is 48.5 Å². The molecular formula is C29H32N2O7. The highest BCUT2D eigenvalue weighted by Gasteiger charge is 2.73. The van der Waals surface area contributed by atoms with E-state index in [2.05, 4.69) is 10.2 Å². The van der Waals surface area contributed by atoms with E-state index in [-0.39, 0.29) is 29.5 Å². The summed E-state index contributed by atoms with van der Waals surface area (Å²) in [6.45, 7) is 1.67. The topological polar surface area (TPSA) is 121 Å². The fraction of sp³-hybridized carbons (Fsp3) is 0.483. The predicted molar refractivity (Wildman–Crippen MR) is 138 cm³/mol. The molecule has 2 bridgehead atoms. The first-order valence-electron chi connectivity index (χ1n) is 13.2. The molecule has 1 saturated heterocycles. The summed E-state index contributed by atoms with van der Waals surface area (Å²) in [5, 5.41) is 37.8. The molecule has 5 aliphatic rings. The van der Waals surface area contributed by atoms with Crippen molar-refractivity contribution in [1.82, 2.24) is 4.90 Å². The van der Waals surface area contributed by atoms with Gasteiger partial charge in [-0.3, -0.25) is 9.69 Å². The van der Waals surface area contributed by atoms with Crippen molar-refractivity contribution >= 4 is 11.6 Å². The third kappa shape index (κ3) is 3.09. The highest BCUT2D eigenvalue weighted by molar-refractivity contribution is 6.05. The molecule has 1 spiro atoms. The van der Waals surface area contributed by atoms with Crippen molar-refractivity contribution in [3.63, 3.8) is 0 Å². The number of aliphatic hydroxyl groups excluding tert-OH is 1. The van der Waals surface area contributed by atoms with Gasteiger partial charge >= 0.3 is 0 Å². The zero-order valence-electron chi connectivity index (χ0n) is 21.5. The summed E-state index contributed by atoms with van der Waals surface area (Å²) in [5.41, 5.74) is 0.0433. The molecular weight excluding hydrogens is 488 g/mol. The number of nitrogens with one attached hydrogen (secondary N) is 1. The van der Waals surface area contributed by atoms with Crippen LogP contribution in [0.25, 0.3) is 0 Å². The van der Waals surface area contributed by atoms with E-state index < -0.39 is 23.0 Å². The number of piperidine rings is 1. The predicted octanol–water partition coefficient (Wildman–Crippen LogP) is 3.03. The average molecular weight is 521 g/mol. The number of hydrogen-bond donors (Lipinski definition) is 4. The van der Waals surface area contributed by atoms with Crippen LogP contribution in [0.5, 0.6) is 23.0 Å². The number of rotatable bonds is 6. The number of aromatic hydroxyl groups is 1. The van der Waals surface area contributed by atoms with Crippen molar-refractivity contribution in [3.8, 4) is 23.0 Å². The third-order valence-electron chi connectivity index (χ3n) is 9.40. The first kappa shape index (κ1) is 23.7. The number of phenols is 1. The summed E-state index contributed by atoms with van der Waals surface area (Å²) in [5.74, 6) is 1.23. The third-order valence-corrected chi connectivity index (χ3v) is 9.40. The maximum Gasteiger partial charge on any atom is 0.255 e. The van der Waals surface area contributed by atoms with Gasteiger partial charge in [0.1, 0.15) is 17.3 Å². The van der Waals surface area contributed by atoms with Crippen LogP contribution in [-0.4, -0.2) is 71.2 Å². The van der Waals surface area contributed by atoms with Crippen LogP contribution in [0.1, 0.15) is 36.8 Å². The quantitative estimate of drug-likeness (QED) is 0.459. The molecule has 2 aromatic carbocycles. The van der Waals surface area contributed by atoms with Crippen LogP contribution in [0, 0.1) is 5.92 Å². The minimum atomic E-state index is -1.36. The second-order valence-electron chi connectivity index (χ2n) is 11.3. The number of likely N-dealkylation sites (tertiary alicyclic amines) is 1. The van der Waals surface area contributed by atoms with Crippen molar-refractivity contribution in [2.45, 2.75) is 55.3 Å². The zero-order valence-corrected chi connectivity index (χ0v) is 21.5. The highest BCUT2D eigenvalue weighted by atomic mass is 16.5. The van der Waals surface area contributed by atoms with Crippen molar-refractivity contribution < 1.29 is 34.3 Å². The second-order valence-corrected chi connectivity index (χ2v) is 11.3. The molecule has 9 nitrogen and oxygen atoms in total. The molecule has 0 aromatic heterocycles. The Bertz CT molecular complexity index is 1360. The number of benzene rings is 2. The Morgan fingerprint density at radius 3 is 2.58 bits per heavy atom. The van der Waals surface area contributed by atoms with Gasteiger partial charge in [-0.05, 0) is 49.8 Å². The molecule has 2 aliphatic heterocycles. The lowest BCUT2D eigenvalue weighted by Gasteiger charge is -2.62. The van der Waals surface area contributed by atoms with Gasteiger partial charge in [-0.1, -0.05) is 6.07 Å². The Morgan fingerprint density at radius 1 is 1.16 bits per heavy atom. The summed E-state index contributed by atoms with van der Waals surface area (Å²) in [6, 6.07) is 8.32. The van der Waals surface area contributed by atoms with Crippen LogP contribution in [0.2, 0.25) is 0 Å².